The maximum Gasteiger partial charge on any atom is 0.319 e. The van der Waals surface area contributed by atoms with Gasteiger partial charge in [-0.1, -0.05) is 30.3 Å². The van der Waals surface area contributed by atoms with Crippen molar-refractivity contribution in [1.82, 2.24) is 15.3 Å². The first-order valence-electron chi connectivity index (χ1n) is 13.1. The molecule has 2 bridgehead atoms. The highest BCUT2D eigenvalue weighted by Crippen LogP contribution is 2.39. The predicted molar refractivity (Wildman–Crippen MR) is 140 cm³/mol. The number of hydrogen-bond acceptors (Lipinski definition) is 7. The molecule has 3 aliphatic rings. The molecule has 7 nitrogen and oxygen atoms in total. The van der Waals surface area contributed by atoms with Gasteiger partial charge in [0.25, 0.3) is 0 Å². The Hall–Kier alpha value is -3.49. The Labute approximate surface area is 213 Å². The second-order valence-electron chi connectivity index (χ2n) is 10.7. The summed E-state index contributed by atoms with van der Waals surface area (Å²) in [7, 11) is 0. The molecule has 0 amide bonds. The number of anilines is 1. The van der Waals surface area contributed by atoms with Crippen LogP contribution in [0.5, 0.6) is 11.8 Å². The molecule has 2 atom stereocenters. The molecule has 3 N–H and O–H groups in total. The minimum atomic E-state index is -0.459. The Morgan fingerprint density at radius 1 is 0.973 bits per heavy atom. The molecular formula is C29H29FN4O3. The topological polar surface area (TPSA) is 90.7 Å². The third-order valence-electron chi connectivity index (χ3n) is 8.08. The van der Waals surface area contributed by atoms with Crippen molar-refractivity contribution >= 4 is 27.5 Å². The van der Waals surface area contributed by atoms with Gasteiger partial charge in [0.1, 0.15) is 17.1 Å². The third kappa shape index (κ3) is 4.04. The molecule has 0 unspecified atom stereocenters. The Morgan fingerprint density at radius 2 is 1.76 bits per heavy atom. The fraction of sp³-hybridized carbons (Fsp3) is 0.379. The van der Waals surface area contributed by atoms with Gasteiger partial charge in [-0.15, -0.1) is 0 Å². The number of aromatic nitrogens is 2. The summed E-state index contributed by atoms with van der Waals surface area (Å²) in [6, 6.07) is 15.5. The van der Waals surface area contributed by atoms with Crippen molar-refractivity contribution in [2.24, 2.45) is 5.92 Å². The maximum absolute atomic E-state index is 16.3. The monoisotopic (exact) mass is 500 g/mol. The minimum absolute atomic E-state index is 0.0829. The maximum atomic E-state index is 16.3. The Kier molecular flexibility index (Phi) is 5.41. The number of aliphatic hydroxyl groups is 1. The molecule has 3 aromatic carbocycles. The van der Waals surface area contributed by atoms with Crippen molar-refractivity contribution in [3.05, 3.63) is 54.3 Å². The number of hydrogen-bond donors (Lipinski definition) is 3. The molecule has 1 saturated carbocycles. The Balaban J connectivity index is 1.35. The van der Waals surface area contributed by atoms with Crippen molar-refractivity contribution in [3.8, 4) is 22.9 Å². The first-order chi connectivity index (χ1) is 18.0. The highest BCUT2D eigenvalue weighted by Gasteiger charge is 2.34. The minimum Gasteiger partial charge on any atom is -0.508 e. The van der Waals surface area contributed by atoms with Crippen LogP contribution in [-0.2, 0) is 0 Å². The second kappa shape index (κ2) is 8.82. The molecule has 2 aliphatic heterocycles. The quantitative estimate of drug-likeness (QED) is 0.375. The number of rotatable bonds is 5. The van der Waals surface area contributed by atoms with Gasteiger partial charge in [0.05, 0.1) is 12.7 Å². The zero-order valence-electron chi connectivity index (χ0n) is 20.4. The van der Waals surface area contributed by atoms with E-state index in [0.29, 0.717) is 53.9 Å². The van der Waals surface area contributed by atoms with Crippen LogP contribution in [0.2, 0.25) is 0 Å². The van der Waals surface area contributed by atoms with Crippen LogP contribution < -0.4 is 15.0 Å². The van der Waals surface area contributed by atoms with E-state index in [2.05, 4.69) is 15.2 Å². The van der Waals surface area contributed by atoms with E-state index in [-0.39, 0.29) is 29.3 Å². The summed E-state index contributed by atoms with van der Waals surface area (Å²) in [5, 5.41) is 26.0. The van der Waals surface area contributed by atoms with Crippen LogP contribution in [-0.4, -0.2) is 58.1 Å². The standard InChI is InChI=1S/C29H29FN4O3/c30-26-23(25-12-21(36)11-17-3-1-2-4-22(17)25)7-8-24-27(26)32-29(37-15-16-9-20(35)10-16)33-28(24)34-13-18-5-6-19(14-34)31-18/h1-4,7-8,11-12,16,18-20,31,35-36H,5-6,9-10,13-15H2/t16?,18-,19+,20?. The molecule has 2 saturated heterocycles. The van der Waals surface area contributed by atoms with E-state index < -0.39 is 5.82 Å². The first kappa shape index (κ1) is 22.7. The van der Waals surface area contributed by atoms with Crippen LogP contribution in [0, 0.1) is 11.7 Å². The fourth-order valence-electron chi connectivity index (χ4n) is 6.16. The Bertz CT molecular complexity index is 1490. The lowest BCUT2D eigenvalue weighted by atomic mass is 9.83. The second-order valence-corrected chi connectivity index (χ2v) is 10.7. The zero-order valence-corrected chi connectivity index (χ0v) is 20.4. The van der Waals surface area contributed by atoms with Gasteiger partial charge >= 0.3 is 6.01 Å². The number of fused-ring (bicyclic) bond motifs is 4. The molecule has 190 valence electrons. The largest absolute Gasteiger partial charge is 0.508 e. The van der Waals surface area contributed by atoms with Crippen molar-refractivity contribution in [2.45, 2.75) is 43.9 Å². The lowest BCUT2D eigenvalue weighted by molar-refractivity contribution is 0.0186. The lowest BCUT2D eigenvalue weighted by Gasteiger charge is -2.34. The first-order valence-corrected chi connectivity index (χ1v) is 13.1. The number of ether oxygens (including phenoxy) is 1. The molecule has 7 rings (SSSR count). The van der Waals surface area contributed by atoms with Crippen molar-refractivity contribution in [3.63, 3.8) is 0 Å². The van der Waals surface area contributed by atoms with E-state index in [9.17, 15) is 10.2 Å². The molecule has 37 heavy (non-hydrogen) atoms. The average Bonchev–Trinajstić information content (AvgIpc) is 3.22. The number of piperazine rings is 1. The summed E-state index contributed by atoms with van der Waals surface area (Å²) < 4.78 is 22.3. The summed E-state index contributed by atoms with van der Waals surface area (Å²) in [5.41, 5.74) is 1.20. The van der Waals surface area contributed by atoms with Gasteiger partial charge in [0.15, 0.2) is 5.82 Å². The van der Waals surface area contributed by atoms with Crippen LogP contribution >= 0.6 is 0 Å². The number of nitrogens with zero attached hydrogens (tertiary/aromatic N) is 3. The van der Waals surface area contributed by atoms with E-state index in [0.717, 1.165) is 36.7 Å². The van der Waals surface area contributed by atoms with Crippen molar-refractivity contribution in [2.75, 3.05) is 24.6 Å². The summed E-state index contributed by atoms with van der Waals surface area (Å²) in [6.07, 6.45) is 3.38. The van der Waals surface area contributed by atoms with Crippen LogP contribution in [0.4, 0.5) is 10.2 Å². The van der Waals surface area contributed by atoms with Crippen LogP contribution in [0.25, 0.3) is 32.8 Å². The number of halogens is 1. The normalized spacial score (nSPS) is 25.0. The van der Waals surface area contributed by atoms with E-state index >= 15 is 4.39 Å². The van der Waals surface area contributed by atoms with Gasteiger partial charge in [-0.2, -0.15) is 9.97 Å². The smallest absolute Gasteiger partial charge is 0.319 e. The molecule has 0 spiro atoms. The molecule has 1 aliphatic carbocycles. The van der Waals surface area contributed by atoms with Gasteiger partial charge in [-0.25, -0.2) is 4.39 Å². The Morgan fingerprint density at radius 3 is 2.54 bits per heavy atom. The SMILES string of the molecule is Oc1cc(-c2ccc3c(N4C[C@H]5CC[C@@H](C4)N5)nc(OCC4CC(O)C4)nc3c2F)c2ccccc2c1. The highest BCUT2D eigenvalue weighted by atomic mass is 19.1. The fourth-order valence-corrected chi connectivity index (χ4v) is 6.16. The number of aliphatic hydroxyl groups excluding tert-OH is 1. The van der Waals surface area contributed by atoms with Crippen LogP contribution in [0.1, 0.15) is 25.7 Å². The van der Waals surface area contributed by atoms with Crippen molar-refractivity contribution in [1.29, 1.82) is 0 Å². The summed E-state index contributed by atoms with van der Waals surface area (Å²) >= 11 is 0. The van der Waals surface area contributed by atoms with E-state index in [4.69, 9.17) is 9.72 Å². The molecule has 8 heteroatoms. The van der Waals surface area contributed by atoms with Crippen molar-refractivity contribution < 1.29 is 19.3 Å². The summed E-state index contributed by atoms with van der Waals surface area (Å²) in [5.74, 6) is 0.569. The van der Waals surface area contributed by atoms with E-state index in [1.54, 1.807) is 18.2 Å². The van der Waals surface area contributed by atoms with E-state index in [1.165, 1.54) is 0 Å². The highest BCUT2D eigenvalue weighted by molar-refractivity contribution is 6.01. The molecule has 4 aromatic rings. The van der Waals surface area contributed by atoms with Gasteiger partial charge in [-0.05, 0) is 66.1 Å². The van der Waals surface area contributed by atoms with Gasteiger partial charge in [0.2, 0.25) is 0 Å². The molecular weight excluding hydrogens is 471 g/mol. The van der Waals surface area contributed by atoms with Crippen LogP contribution in [0.3, 0.4) is 0 Å². The number of nitrogens with one attached hydrogen (secondary N) is 1. The number of aromatic hydroxyl groups is 1. The number of phenolic OH excluding ortho intramolecular Hbond substituents is 1. The van der Waals surface area contributed by atoms with Gasteiger partial charge < -0.3 is 25.2 Å². The average molecular weight is 501 g/mol. The van der Waals surface area contributed by atoms with Gasteiger partial charge in [-0.3, -0.25) is 0 Å². The predicted octanol–water partition coefficient (Wildman–Crippen LogP) is 4.39. The summed E-state index contributed by atoms with van der Waals surface area (Å²) in [6.45, 7) is 2.00. The number of phenols is 1. The molecule has 0 radical (unpaired) electrons. The van der Waals surface area contributed by atoms with Crippen LogP contribution in [0.15, 0.2) is 48.5 Å². The number of benzene rings is 3. The summed E-state index contributed by atoms with van der Waals surface area (Å²) in [4.78, 5) is 11.5. The van der Waals surface area contributed by atoms with Gasteiger partial charge in [0, 0.05) is 36.1 Å². The third-order valence-corrected chi connectivity index (χ3v) is 8.08. The lowest BCUT2D eigenvalue weighted by Crippen LogP contribution is -2.51. The zero-order chi connectivity index (χ0) is 25.1. The molecule has 1 aromatic heterocycles. The molecule has 3 heterocycles. The van der Waals surface area contributed by atoms with E-state index in [1.807, 2.05) is 30.3 Å². The molecule has 3 fully saturated rings.